The molecule has 150 valence electrons. The minimum atomic E-state index is -0.881. The number of nitrogens with zero attached hydrogens (tertiary/aromatic N) is 1. The molecular formula is C14H26Cl2N6O3S. The van der Waals surface area contributed by atoms with Crippen LogP contribution in [0.1, 0.15) is 19.0 Å². The molecule has 9 nitrogen and oxygen atoms in total. The van der Waals surface area contributed by atoms with Crippen LogP contribution in [0.5, 0.6) is 0 Å². The third-order valence-corrected chi connectivity index (χ3v) is 4.22. The van der Waals surface area contributed by atoms with Gasteiger partial charge in [-0.1, -0.05) is 11.8 Å². The highest BCUT2D eigenvalue weighted by Gasteiger charge is 2.23. The Morgan fingerprint density at radius 1 is 1.31 bits per heavy atom. The lowest BCUT2D eigenvalue weighted by atomic mass is 10.2. The van der Waals surface area contributed by atoms with E-state index < -0.39 is 18.0 Å². The molecule has 0 radical (unpaired) electrons. The van der Waals surface area contributed by atoms with E-state index in [2.05, 4.69) is 20.6 Å². The van der Waals surface area contributed by atoms with Crippen molar-refractivity contribution in [2.45, 2.75) is 31.8 Å². The lowest BCUT2D eigenvalue weighted by molar-refractivity contribution is -0.125. The average molecular weight is 429 g/mol. The quantitative estimate of drug-likeness (QED) is 0.293. The molecule has 0 aromatic carbocycles. The van der Waals surface area contributed by atoms with Crippen molar-refractivity contribution in [3.63, 3.8) is 0 Å². The Morgan fingerprint density at radius 2 is 2.00 bits per heavy atom. The number of carbonyl (C=O) groups is 3. The topological polar surface area (TPSA) is 156 Å². The first-order valence-corrected chi connectivity index (χ1v) is 8.56. The van der Waals surface area contributed by atoms with Gasteiger partial charge in [-0.25, -0.2) is 4.98 Å². The van der Waals surface area contributed by atoms with Crippen LogP contribution in [0.15, 0.2) is 12.5 Å². The summed E-state index contributed by atoms with van der Waals surface area (Å²) in [5.41, 5.74) is 11.5. The number of primary amides is 1. The molecule has 0 aliphatic carbocycles. The van der Waals surface area contributed by atoms with Crippen molar-refractivity contribution in [3.8, 4) is 0 Å². The fourth-order valence-electron chi connectivity index (χ4n) is 1.94. The normalized spacial score (nSPS) is 12.2. The first-order valence-electron chi connectivity index (χ1n) is 7.57. The van der Waals surface area contributed by atoms with E-state index in [0.717, 1.165) is 23.9 Å². The van der Waals surface area contributed by atoms with Gasteiger partial charge >= 0.3 is 0 Å². The summed E-state index contributed by atoms with van der Waals surface area (Å²) in [5, 5.41) is 5.44. The summed E-state index contributed by atoms with van der Waals surface area (Å²) in [6.07, 6.45) is 4.38. The number of nitrogens with two attached hydrogens (primary N) is 2. The minimum Gasteiger partial charge on any atom is -0.368 e. The number of thioether (sulfide) groups is 1. The summed E-state index contributed by atoms with van der Waals surface area (Å²) in [6, 6.07) is -1.33. The van der Waals surface area contributed by atoms with Crippen LogP contribution in [0, 0.1) is 0 Å². The number of aromatic amines is 1. The number of imidazole rings is 1. The Hall–Kier alpha value is -1.33. The molecule has 1 aromatic rings. The molecule has 1 aromatic heterocycles. The van der Waals surface area contributed by atoms with E-state index in [-0.39, 0.29) is 41.6 Å². The summed E-state index contributed by atoms with van der Waals surface area (Å²) in [5.74, 6) is -0.958. The van der Waals surface area contributed by atoms with E-state index in [9.17, 15) is 14.4 Å². The number of carbonyl (C=O) groups excluding carboxylic acids is 3. The largest absolute Gasteiger partial charge is 0.368 e. The highest BCUT2D eigenvalue weighted by Crippen LogP contribution is 2.11. The van der Waals surface area contributed by atoms with Crippen molar-refractivity contribution in [3.05, 3.63) is 18.2 Å². The van der Waals surface area contributed by atoms with Crippen LogP contribution >= 0.6 is 36.6 Å². The first kappa shape index (κ1) is 26.9. The van der Waals surface area contributed by atoms with Crippen LogP contribution in [0.2, 0.25) is 0 Å². The van der Waals surface area contributed by atoms with Gasteiger partial charge in [0.2, 0.25) is 16.9 Å². The Kier molecular flexibility index (Phi) is 15.3. The Labute approximate surface area is 169 Å². The molecule has 0 unspecified atom stereocenters. The van der Waals surface area contributed by atoms with Gasteiger partial charge in [-0.2, -0.15) is 0 Å². The number of nitrogens with one attached hydrogen (secondary N) is 3. The molecule has 0 saturated heterocycles. The lowest BCUT2D eigenvalue weighted by Crippen LogP contribution is -2.46. The molecule has 0 fully saturated rings. The molecular weight excluding hydrogens is 403 g/mol. The number of amides is 2. The van der Waals surface area contributed by atoms with Crippen LogP contribution in [-0.4, -0.2) is 57.8 Å². The molecule has 1 rings (SSSR count). The Morgan fingerprint density at radius 3 is 2.50 bits per heavy atom. The van der Waals surface area contributed by atoms with Gasteiger partial charge in [-0.15, -0.1) is 24.8 Å². The Balaban J connectivity index is 0. The SMILES string of the molecule is CC(=O)N[C@@H](CSC(=O)[C@H](Cc1cnc[nH]1)NCCCN)C(N)=O.Cl.Cl. The maximum absolute atomic E-state index is 12.4. The zero-order valence-corrected chi connectivity index (χ0v) is 16.8. The fraction of sp³-hybridized carbons (Fsp3) is 0.571. The van der Waals surface area contributed by atoms with Crippen LogP contribution in [0.3, 0.4) is 0 Å². The molecule has 7 N–H and O–H groups in total. The van der Waals surface area contributed by atoms with Crippen molar-refractivity contribution >= 4 is 53.5 Å². The van der Waals surface area contributed by atoms with Gasteiger partial charge in [-0.3, -0.25) is 14.4 Å². The van der Waals surface area contributed by atoms with E-state index in [1.807, 2.05) is 0 Å². The summed E-state index contributed by atoms with van der Waals surface area (Å²) < 4.78 is 0. The maximum atomic E-state index is 12.4. The predicted octanol–water partition coefficient (Wildman–Crippen LogP) is -0.647. The number of halogens is 2. The molecule has 1 heterocycles. The van der Waals surface area contributed by atoms with Crippen LogP contribution in [-0.2, 0) is 20.8 Å². The van der Waals surface area contributed by atoms with E-state index in [1.54, 1.807) is 12.5 Å². The van der Waals surface area contributed by atoms with Crippen molar-refractivity contribution in [2.75, 3.05) is 18.8 Å². The third-order valence-electron chi connectivity index (χ3n) is 3.15. The van der Waals surface area contributed by atoms with E-state index in [4.69, 9.17) is 11.5 Å². The molecule has 12 heteroatoms. The summed E-state index contributed by atoms with van der Waals surface area (Å²) >= 11 is 0.960. The van der Waals surface area contributed by atoms with Gasteiger partial charge in [-0.05, 0) is 19.5 Å². The molecule has 2 amide bonds. The monoisotopic (exact) mass is 428 g/mol. The molecule has 0 saturated carbocycles. The van der Waals surface area contributed by atoms with Crippen molar-refractivity contribution < 1.29 is 14.4 Å². The van der Waals surface area contributed by atoms with Gasteiger partial charge in [0.05, 0.1) is 12.4 Å². The lowest BCUT2D eigenvalue weighted by Gasteiger charge is -2.18. The second-order valence-corrected chi connectivity index (χ2v) is 6.24. The molecule has 26 heavy (non-hydrogen) atoms. The number of hydrogen-bond donors (Lipinski definition) is 5. The van der Waals surface area contributed by atoms with Crippen LogP contribution < -0.4 is 22.1 Å². The highest BCUT2D eigenvalue weighted by molar-refractivity contribution is 8.13. The number of aromatic nitrogens is 2. The fourth-order valence-corrected chi connectivity index (χ4v) is 2.89. The smallest absolute Gasteiger partial charge is 0.240 e. The second-order valence-electron chi connectivity index (χ2n) is 5.22. The predicted molar refractivity (Wildman–Crippen MR) is 107 cm³/mol. The third kappa shape index (κ3) is 10.6. The van der Waals surface area contributed by atoms with E-state index in [1.165, 1.54) is 6.92 Å². The number of hydrogen-bond acceptors (Lipinski definition) is 7. The molecule has 0 aliphatic rings. The van der Waals surface area contributed by atoms with Crippen LogP contribution in [0.25, 0.3) is 0 Å². The van der Waals surface area contributed by atoms with Gasteiger partial charge in [0.15, 0.2) is 0 Å². The average Bonchev–Trinajstić information content (AvgIpc) is 3.02. The number of H-pyrrole nitrogens is 1. The van der Waals surface area contributed by atoms with Crippen molar-refractivity contribution in [2.24, 2.45) is 11.5 Å². The summed E-state index contributed by atoms with van der Waals surface area (Å²) in [6.45, 7) is 2.42. The van der Waals surface area contributed by atoms with E-state index >= 15 is 0 Å². The van der Waals surface area contributed by atoms with Gasteiger partial charge < -0.3 is 27.1 Å². The Bertz CT molecular complexity index is 547. The maximum Gasteiger partial charge on any atom is 0.240 e. The minimum absolute atomic E-state index is 0. The zero-order chi connectivity index (χ0) is 17.9. The first-order chi connectivity index (χ1) is 11.4. The molecule has 2 atom stereocenters. The zero-order valence-electron chi connectivity index (χ0n) is 14.4. The standard InChI is InChI=1S/C14H24N6O3S.2ClH/c1-9(21)20-12(13(16)22)7-24-14(23)11(18-4-2-3-15)5-10-6-17-8-19-10;;/h6,8,11-12,18H,2-5,7,15H2,1H3,(H2,16,22)(H,17,19)(H,20,21);2*1H/t11-,12-;;/m0../s1. The van der Waals surface area contributed by atoms with E-state index in [0.29, 0.717) is 19.5 Å². The van der Waals surface area contributed by atoms with Gasteiger partial charge in [0, 0.05) is 31.0 Å². The number of rotatable bonds is 11. The summed E-state index contributed by atoms with van der Waals surface area (Å²) in [7, 11) is 0. The molecule has 0 aliphatic heterocycles. The van der Waals surface area contributed by atoms with Crippen molar-refractivity contribution in [1.82, 2.24) is 20.6 Å². The van der Waals surface area contributed by atoms with Crippen LogP contribution in [0.4, 0.5) is 0 Å². The van der Waals surface area contributed by atoms with Gasteiger partial charge in [0.25, 0.3) is 0 Å². The summed E-state index contributed by atoms with van der Waals surface area (Å²) in [4.78, 5) is 41.7. The van der Waals surface area contributed by atoms with Crippen molar-refractivity contribution in [1.29, 1.82) is 0 Å². The highest BCUT2D eigenvalue weighted by atomic mass is 35.5. The molecule has 0 bridgehead atoms. The molecule has 0 spiro atoms. The second kappa shape index (κ2) is 14.8. The van der Waals surface area contributed by atoms with Gasteiger partial charge in [0.1, 0.15) is 6.04 Å².